The van der Waals surface area contributed by atoms with Crippen LogP contribution in [0.25, 0.3) is 0 Å². The summed E-state index contributed by atoms with van der Waals surface area (Å²) in [5.74, 6) is -0.291. The summed E-state index contributed by atoms with van der Waals surface area (Å²) >= 11 is 0. The van der Waals surface area contributed by atoms with Crippen molar-refractivity contribution in [2.75, 3.05) is 36.5 Å². The molecule has 0 spiro atoms. The van der Waals surface area contributed by atoms with E-state index in [1.807, 2.05) is 32.0 Å². The standard InChI is InChI=1S/C26H31N3O5/c1-17-5-3-7-23(18(17)2)28-24(30)16-34-21-10-8-20(9-11-21)29-15-19(13-25(29)31)26(32)27-14-22-6-4-12-33-22/h3,5,7-11,19,22H,4,6,12-16H2,1-2H3,(H,27,32)(H,28,30)/t19-,22+/m1/s1. The third-order valence-electron chi connectivity index (χ3n) is 6.42. The van der Waals surface area contributed by atoms with E-state index in [0.29, 0.717) is 24.5 Å². The molecule has 0 saturated carbocycles. The van der Waals surface area contributed by atoms with Gasteiger partial charge in [-0.3, -0.25) is 14.4 Å². The summed E-state index contributed by atoms with van der Waals surface area (Å²) in [6.45, 7) is 5.41. The SMILES string of the molecule is Cc1cccc(NC(=O)COc2ccc(N3C[C@H](C(=O)NC[C@@H]4CCCO4)CC3=O)cc2)c1C. The van der Waals surface area contributed by atoms with E-state index in [0.717, 1.165) is 36.3 Å². The van der Waals surface area contributed by atoms with Gasteiger partial charge in [-0.15, -0.1) is 0 Å². The number of carbonyl (C=O) groups excluding carboxylic acids is 3. The topological polar surface area (TPSA) is 97.0 Å². The normalized spacial score (nSPS) is 19.8. The van der Waals surface area contributed by atoms with Gasteiger partial charge in [-0.2, -0.15) is 0 Å². The van der Waals surface area contributed by atoms with E-state index >= 15 is 0 Å². The number of benzene rings is 2. The first-order valence-corrected chi connectivity index (χ1v) is 11.7. The first-order chi connectivity index (χ1) is 16.4. The zero-order chi connectivity index (χ0) is 24.1. The summed E-state index contributed by atoms with van der Waals surface area (Å²) < 4.78 is 11.1. The van der Waals surface area contributed by atoms with Crippen molar-refractivity contribution in [3.05, 3.63) is 53.6 Å². The molecule has 0 aromatic heterocycles. The minimum atomic E-state index is -0.376. The lowest BCUT2D eigenvalue weighted by Gasteiger charge is -2.18. The highest BCUT2D eigenvalue weighted by atomic mass is 16.5. The second kappa shape index (κ2) is 10.7. The lowest BCUT2D eigenvalue weighted by atomic mass is 10.1. The predicted octanol–water partition coefficient (Wildman–Crippen LogP) is 2.97. The van der Waals surface area contributed by atoms with Crippen LogP contribution in [0.4, 0.5) is 11.4 Å². The Bertz CT molecular complexity index is 1050. The fourth-order valence-electron chi connectivity index (χ4n) is 4.24. The molecule has 2 aromatic rings. The third kappa shape index (κ3) is 5.75. The van der Waals surface area contributed by atoms with Crippen molar-refractivity contribution in [3.63, 3.8) is 0 Å². The molecule has 0 radical (unpaired) electrons. The number of hydrogen-bond acceptors (Lipinski definition) is 5. The molecule has 2 atom stereocenters. The van der Waals surface area contributed by atoms with Crippen molar-refractivity contribution in [2.24, 2.45) is 5.92 Å². The lowest BCUT2D eigenvalue weighted by molar-refractivity contribution is -0.126. The maximum absolute atomic E-state index is 12.5. The van der Waals surface area contributed by atoms with Crippen molar-refractivity contribution >= 4 is 29.1 Å². The molecule has 2 fully saturated rings. The van der Waals surface area contributed by atoms with E-state index in [2.05, 4.69) is 10.6 Å². The number of amides is 3. The largest absolute Gasteiger partial charge is 0.484 e. The van der Waals surface area contributed by atoms with Crippen LogP contribution in [-0.2, 0) is 19.1 Å². The first kappa shape index (κ1) is 23.8. The Kier molecular flexibility index (Phi) is 7.47. The van der Waals surface area contributed by atoms with Crippen LogP contribution < -0.4 is 20.3 Å². The van der Waals surface area contributed by atoms with Crippen LogP contribution >= 0.6 is 0 Å². The Hall–Kier alpha value is -3.39. The molecule has 180 valence electrons. The first-order valence-electron chi connectivity index (χ1n) is 11.7. The van der Waals surface area contributed by atoms with Crippen molar-refractivity contribution in [1.82, 2.24) is 5.32 Å². The summed E-state index contributed by atoms with van der Waals surface area (Å²) in [6.07, 6.45) is 2.24. The van der Waals surface area contributed by atoms with Gasteiger partial charge in [0.1, 0.15) is 5.75 Å². The molecule has 8 heteroatoms. The Labute approximate surface area is 199 Å². The van der Waals surface area contributed by atoms with E-state index in [4.69, 9.17) is 9.47 Å². The summed E-state index contributed by atoms with van der Waals surface area (Å²) in [5.41, 5.74) is 3.60. The van der Waals surface area contributed by atoms with Gasteiger partial charge in [0.2, 0.25) is 11.8 Å². The van der Waals surface area contributed by atoms with E-state index < -0.39 is 0 Å². The van der Waals surface area contributed by atoms with E-state index in [-0.39, 0.29) is 42.8 Å². The molecular formula is C26H31N3O5. The van der Waals surface area contributed by atoms with Gasteiger partial charge in [0, 0.05) is 37.5 Å². The van der Waals surface area contributed by atoms with Crippen LogP contribution in [0.5, 0.6) is 5.75 Å². The molecule has 0 aliphatic carbocycles. The number of nitrogens with zero attached hydrogens (tertiary/aromatic N) is 1. The minimum Gasteiger partial charge on any atom is -0.484 e. The van der Waals surface area contributed by atoms with Crippen molar-refractivity contribution < 1.29 is 23.9 Å². The molecule has 2 saturated heterocycles. The van der Waals surface area contributed by atoms with E-state index in [1.165, 1.54) is 0 Å². The van der Waals surface area contributed by atoms with Crippen LogP contribution in [0, 0.1) is 19.8 Å². The number of ether oxygens (including phenoxy) is 2. The number of hydrogen-bond donors (Lipinski definition) is 2. The maximum atomic E-state index is 12.5. The van der Waals surface area contributed by atoms with Gasteiger partial charge in [-0.05, 0) is 68.1 Å². The second-order valence-corrected chi connectivity index (χ2v) is 8.86. The Morgan fingerprint density at radius 3 is 2.68 bits per heavy atom. The van der Waals surface area contributed by atoms with Gasteiger partial charge in [-0.1, -0.05) is 12.1 Å². The Morgan fingerprint density at radius 1 is 1.15 bits per heavy atom. The van der Waals surface area contributed by atoms with Gasteiger partial charge in [-0.25, -0.2) is 0 Å². The van der Waals surface area contributed by atoms with Crippen molar-refractivity contribution in [2.45, 2.75) is 39.2 Å². The molecule has 0 bridgehead atoms. The molecule has 3 amide bonds. The smallest absolute Gasteiger partial charge is 0.262 e. The van der Waals surface area contributed by atoms with Crippen LogP contribution in [0.15, 0.2) is 42.5 Å². The molecule has 0 unspecified atom stereocenters. The van der Waals surface area contributed by atoms with Gasteiger partial charge in [0.25, 0.3) is 5.91 Å². The Balaban J connectivity index is 1.26. The molecule has 2 aliphatic heterocycles. The second-order valence-electron chi connectivity index (χ2n) is 8.86. The van der Waals surface area contributed by atoms with Crippen LogP contribution in [0.1, 0.15) is 30.4 Å². The third-order valence-corrected chi connectivity index (χ3v) is 6.42. The van der Waals surface area contributed by atoms with E-state index in [1.54, 1.807) is 29.2 Å². The molecule has 2 heterocycles. The average molecular weight is 466 g/mol. The monoisotopic (exact) mass is 465 g/mol. The summed E-state index contributed by atoms with van der Waals surface area (Å²) in [6, 6.07) is 12.7. The van der Waals surface area contributed by atoms with Crippen molar-refractivity contribution in [1.29, 1.82) is 0 Å². The molecule has 2 N–H and O–H groups in total. The number of anilines is 2. The number of carbonyl (C=O) groups is 3. The van der Waals surface area contributed by atoms with Crippen LogP contribution in [0.2, 0.25) is 0 Å². The number of rotatable bonds is 8. The fourth-order valence-corrected chi connectivity index (χ4v) is 4.24. The van der Waals surface area contributed by atoms with Crippen LogP contribution in [-0.4, -0.2) is 50.1 Å². The molecular weight excluding hydrogens is 434 g/mol. The van der Waals surface area contributed by atoms with E-state index in [9.17, 15) is 14.4 Å². The van der Waals surface area contributed by atoms with Gasteiger partial charge < -0.3 is 25.0 Å². The average Bonchev–Trinajstić information content (AvgIpc) is 3.49. The predicted molar refractivity (Wildman–Crippen MR) is 129 cm³/mol. The van der Waals surface area contributed by atoms with Crippen LogP contribution in [0.3, 0.4) is 0 Å². The van der Waals surface area contributed by atoms with Gasteiger partial charge >= 0.3 is 0 Å². The highest BCUT2D eigenvalue weighted by Crippen LogP contribution is 2.27. The summed E-state index contributed by atoms with van der Waals surface area (Å²) in [4.78, 5) is 38.9. The van der Waals surface area contributed by atoms with Gasteiger partial charge in [0.15, 0.2) is 6.61 Å². The molecule has 2 aromatic carbocycles. The van der Waals surface area contributed by atoms with Gasteiger partial charge in [0.05, 0.1) is 12.0 Å². The summed E-state index contributed by atoms with van der Waals surface area (Å²) in [5, 5.41) is 5.78. The molecule has 8 nitrogen and oxygen atoms in total. The minimum absolute atomic E-state index is 0.0765. The fraction of sp³-hybridized carbons (Fsp3) is 0.423. The summed E-state index contributed by atoms with van der Waals surface area (Å²) in [7, 11) is 0. The lowest BCUT2D eigenvalue weighted by Crippen LogP contribution is -2.37. The molecule has 34 heavy (non-hydrogen) atoms. The zero-order valence-electron chi connectivity index (χ0n) is 19.6. The highest BCUT2D eigenvalue weighted by molar-refractivity contribution is 6.00. The molecule has 2 aliphatic rings. The quantitative estimate of drug-likeness (QED) is 0.625. The number of aryl methyl sites for hydroxylation is 1. The Morgan fingerprint density at radius 2 is 1.94 bits per heavy atom. The number of nitrogens with one attached hydrogen (secondary N) is 2. The zero-order valence-corrected chi connectivity index (χ0v) is 19.6. The highest BCUT2D eigenvalue weighted by Gasteiger charge is 2.35. The van der Waals surface area contributed by atoms with Crippen molar-refractivity contribution in [3.8, 4) is 5.75 Å². The maximum Gasteiger partial charge on any atom is 0.262 e. The molecule has 4 rings (SSSR count).